The molecule has 1 saturated heterocycles. The zero-order chi connectivity index (χ0) is 13.6. The summed E-state index contributed by atoms with van der Waals surface area (Å²) in [5.41, 5.74) is 4.79. The summed E-state index contributed by atoms with van der Waals surface area (Å²) in [6.45, 7) is 4.94. The van der Waals surface area contributed by atoms with Crippen LogP contribution >= 0.6 is 0 Å². The number of anilines is 1. The molecule has 4 nitrogen and oxygen atoms in total. The molecule has 18 heavy (non-hydrogen) atoms. The fourth-order valence-electron chi connectivity index (χ4n) is 1.83. The topological polar surface area (TPSA) is 55.0 Å². The van der Waals surface area contributed by atoms with Crippen LogP contribution in [0.4, 0.5) is 19.1 Å². The number of aromatic nitrogens is 2. The average molecular weight is 260 g/mol. The highest BCUT2D eigenvalue weighted by atomic mass is 19.4. The van der Waals surface area contributed by atoms with E-state index in [4.69, 9.17) is 5.73 Å². The van der Waals surface area contributed by atoms with E-state index in [1.807, 2.05) is 13.8 Å². The second-order valence-electron chi connectivity index (χ2n) is 4.98. The van der Waals surface area contributed by atoms with Crippen molar-refractivity contribution in [3.8, 4) is 0 Å². The summed E-state index contributed by atoms with van der Waals surface area (Å²) in [5.74, 6) is 0.353. The molecular weight excluding hydrogens is 245 g/mol. The number of halogens is 3. The van der Waals surface area contributed by atoms with Crippen LogP contribution in [-0.2, 0) is 6.18 Å². The summed E-state index contributed by atoms with van der Waals surface area (Å²) >= 11 is 0. The Morgan fingerprint density at radius 3 is 2.50 bits per heavy atom. The van der Waals surface area contributed by atoms with Crippen molar-refractivity contribution in [2.24, 2.45) is 11.7 Å². The fraction of sp³-hybridized carbons (Fsp3) is 0.636. The van der Waals surface area contributed by atoms with Gasteiger partial charge in [-0.3, -0.25) is 0 Å². The SMILES string of the molecule is CC(C)C1(N)CN(c2nccc(C(F)(F)F)n2)C1. The minimum atomic E-state index is -4.44. The molecule has 0 spiro atoms. The van der Waals surface area contributed by atoms with Gasteiger partial charge in [0.25, 0.3) is 0 Å². The maximum absolute atomic E-state index is 12.5. The Labute approximate surface area is 103 Å². The molecule has 0 amide bonds. The Kier molecular flexibility index (Phi) is 2.96. The Hall–Kier alpha value is -1.37. The molecule has 0 atom stereocenters. The summed E-state index contributed by atoms with van der Waals surface area (Å²) in [6.07, 6.45) is -3.32. The second-order valence-corrected chi connectivity index (χ2v) is 4.98. The van der Waals surface area contributed by atoms with Crippen LogP contribution in [0.5, 0.6) is 0 Å². The first-order valence-corrected chi connectivity index (χ1v) is 5.66. The van der Waals surface area contributed by atoms with Crippen molar-refractivity contribution >= 4 is 5.95 Å². The molecule has 0 aromatic carbocycles. The van der Waals surface area contributed by atoms with Gasteiger partial charge in [-0.1, -0.05) is 13.8 Å². The Morgan fingerprint density at radius 2 is 2.00 bits per heavy atom. The molecule has 1 fully saturated rings. The third kappa shape index (κ3) is 2.27. The van der Waals surface area contributed by atoms with E-state index in [9.17, 15) is 13.2 Å². The monoisotopic (exact) mass is 260 g/mol. The maximum Gasteiger partial charge on any atom is 0.433 e. The van der Waals surface area contributed by atoms with E-state index in [2.05, 4.69) is 9.97 Å². The van der Waals surface area contributed by atoms with Crippen LogP contribution < -0.4 is 10.6 Å². The van der Waals surface area contributed by atoms with E-state index in [1.54, 1.807) is 4.90 Å². The molecule has 100 valence electrons. The number of alkyl halides is 3. The summed E-state index contributed by atoms with van der Waals surface area (Å²) < 4.78 is 37.5. The smallest absolute Gasteiger partial charge is 0.337 e. The summed E-state index contributed by atoms with van der Waals surface area (Å²) in [4.78, 5) is 9.05. The predicted octanol–water partition coefficient (Wildman–Crippen LogP) is 1.67. The van der Waals surface area contributed by atoms with Crippen molar-refractivity contribution in [3.63, 3.8) is 0 Å². The largest absolute Gasteiger partial charge is 0.433 e. The van der Waals surface area contributed by atoms with Gasteiger partial charge in [-0.2, -0.15) is 13.2 Å². The first-order chi connectivity index (χ1) is 8.22. The van der Waals surface area contributed by atoms with Crippen molar-refractivity contribution in [3.05, 3.63) is 18.0 Å². The van der Waals surface area contributed by atoms with Crippen LogP contribution in [0.3, 0.4) is 0 Å². The maximum atomic E-state index is 12.5. The van der Waals surface area contributed by atoms with Crippen molar-refractivity contribution in [1.82, 2.24) is 9.97 Å². The number of hydrogen-bond donors (Lipinski definition) is 1. The molecular formula is C11H15F3N4. The van der Waals surface area contributed by atoms with Crippen LogP contribution in [0, 0.1) is 5.92 Å². The summed E-state index contributed by atoms with van der Waals surface area (Å²) in [6, 6.07) is 0.863. The zero-order valence-electron chi connectivity index (χ0n) is 10.2. The molecule has 1 aromatic rings. The van der Waals surface area contributed by atoms with Gasteiger partial charge in [0.05, 0.1) is 5.54 Å². The molecule has 7 heteroatoms. The lowest BCUT2D eigenvalue weighted by molar-refractivity contribution is -0.141. The quantitative estimate of drug-likeness (QED) is 0.878. The Balaban J connectivity index is 2.13. The highest BCUT2D eigenvalue weighted by Crippen LogP contribution is 2.31. The lowest BCUT2D eigenvalue weighted by Gasteiger charge is -2.50. The van der Waals surface area contributed by atoms with Crippen LogP contribution in [0.1, 0.15) is 19.5 Å². The molecule has 1 aliphatic heterocycles. The van der Waals surface area contributed by atoms with Gasteiger partial charge in [0, 0.05) is 19.3 Å². The highest BCUT2D eigenvalue weighted by molar-refractivity contribution is 5.39. The lowest BCUT2D eigenvalue weighted by atomic mass is 9.80. The minimum Gasteiger partial charge on any atom is -0.337 e. The second kappa shape index (κ2) is 4.08. The van der Waals surface area contributed by atoms with E-state index in [1.165, 1.54) is 0 Å². The van der Waals surface area contributed by atoms with Gasteiger partial charge >= 0.3 is 6.18 Å². The molecule has 0 unspecified atom stereocenters. The van der Waals surface area contributed by atoms with E-state index < -0.39 is 11.9 Å². The van der Waals surface area contributed by atoms with Crippen molar-refractivity contribution in [1.29, 1.82) is 0 Å². The molecule has 0 aliphatic carbocycles. The molecule has 1 aliphatic rings. The summed E-state index contributed by atoms with van der Waals surface area (Å²) in [5, 5.41) is 0. The fourth-order valence-corrected chi connectivity index (χ4v) is 1.83. The van der Waals surface area contributed by atoms with E-state index in [0.29, 0.717) is 13.1 Å². The van der Waals surface area contributed by atoms with Gasteiger partial charge in [-0.05, 0) is 12.0 Å². The molecule has 2 heterocycles. The van der Waals surface area contributed by atoms with Crippen LogP contribution in [-0.4, -0.2) is 28.6 Å². The predicted molar refractivity (Wildman–Crippen MR) is 61.0 cm³/mol. The van der Waals surface area contributed by atoms with Crippen molar-refractivity contribution < 1.29 is 13.2 Å². The minimum absolute atomic E-state index is 0.0894. The molecule has 0 bridgehead atoms. The van der Waals surface area contributed by atoms with Gasteiger partial charge in [0.1, 0.15) is 5.69 Å². The van der Waals surface area contributed by atoms with Gasteiger partial charge < -0.3 is 10.6 Å². The number of nitrogens with two attached hydrogens (primary N) is 1. The van der Waals surface area contributed by atoms with E-state index in [-0.39, 0.29) is 17.4 Å². The average Bonchev–Trinajstić information content (AvgIpc) is 2.23. The van der Waals surface area contributed by atoms with E-state index in [0.717, 1.165) is 12.3 Å². The first-order valence-electron chi connectivity index (χ1n) is 5.66. The van der Waals surface area contributed by atoms with Crippen LogP contribution in [0.15, 0.2) is 12.3 Å². The lowest BCUT2D eigenvalue weighted by Crippen LogP contribution is -2.70. The molecule has 0 saturated carbocycles. The van der Waals surface area contributed by atoms with Gasteiger partial charge in [-0.25, -0.2) is 9.97 Å². The molecule has 0 radical (unpaired) electrons. The standard InChI is InChI=1S/C11H15F3N4/c1-7(2)10(15)5-18(6-10)9-16-4-3-8(17-9)11(12,13)14/h3-4,7H,5-6,15H2,1-2H3. The van der Waals surface area contributed by atoms with Crippen LogP contribution in [0.2, 0.25) is 0 Å². The van der Waals surface area contributed by atoms with Gasteiger partial charge in [0.15, 0.2) is 0 Å². The number of hydrogen-bond acceptors (Lipinski definition) is 4. The van der Waals surface area contributed by atoms with Crippen molar-refractivity contribution in [2.45, 2.75) is 25.6 Å². The molecule has 2 N–H and O–H groups in total. The Bertz CT molecular complexity index is 438. The van der Waals surface area contributed by atoms with Gasteiger partial charge in [0.2, 0.25) is 5.95 Å². The van der Waals surface area contributed by atoms with E-state index >= 15 is 0 Å². The Morgan fingerprint density at radius 1 is 1.39 bits per heavy atom. The molecule has 2 rings (SSSR count). The number of rotatable bonds is 2. The first kappa shape index (κ1) is 13.1. The normalized spacial score (nSPS) is 18.9. The third-order valence-electron chi connectivity index (χ3n) is 3.34. The third-order valence-corrected chi connectivity index (χ3v) is 3.34. The van der Waals surface area contributed by atoms with Crippen molar-refractivity contribution in [2.75, 3.05) is 18.0 Å². The molecule has 1 aromatic heterocycles. The zero-order valence-corrected chi connectivity index (χ0v) is 10.2. The van der Waals surface area contributed by atoms with Gasteiger partial charge in [-0.15, -0.1) is 0 Å². The number of nitrogens with zero attached hydrogens (tertiary/aromatic N) is 3. The van der Waals surface area contributed by atoms with Crippen LogP contribution in [0.25, 0.3) is 0 Å². The summed E-state index contributed by atoms with van der Waals surface area (Å²) in [7, 11) is 0. The highest BCUT2D eigenvalue weighted by Gasteiger charge is 2.43.